The number of benzene rings is 2. The summed E-state index contributed by atoms with van der Waals surface area (Å²) in [6, 6.07) is 12.1. The van der Waals surface area contributed by atoms with Crippen LogP contribution in [0.25, 0.3) is 10.8 Å². The number of rotatable bonds is 5. The van der Waals surface area contributed by atoms with Gasteiger partial charge in [-0.3, -0.25) is 0 Å². The first-order chi connectivity index (χ1) is 9.35. The number of fused-ring (bicyclic) bond motifs is 1. The molecular formula is C15H18BrNO2S. The van der Waals surface area contributed by atoms with E-state index in [0.29, 0.717) is 12.8 Å². The number of sulfone groups is 1. The summed E-state index contributed by atoms with van der Waals surface area (Å²) >= 11 is 3.45. The second kappa shape index (κ2) is 6.24. The molecular weight excluding hydrogens is 338 g/mol. The van der Waals surface area contributed by atoms with E-state index in [1.54, 1.807) is 0 Å². The van der Waals surface area contributed by atoms with Gasteiger partial charge in [0.25, 0.3) is 0 Å². The predicted octanol–water partition coefficient (Wildman–Crippen LogP) is 3.43. The van der Waals surface area contributed by atoms with Crippen molar-refractivity contribution in [1.29, 1.82) is 0 Å². The Bertz CT molecular complexity index is 713. The molecule has 0 spiro atoms. The van der Waals surface area contributed by atoms with Crippen molar-refractivity contribution in [1.82, 2.24) is 0 Å². The van der Waals surface area contributed by atoms with Gasteiger partial charge in [-0.1, -0.05) is 34.1 Å². The van der Waals surface area contributed by atoms with Crippen molar-refractivity contribution in [2.45, 2.75) is 18.9 Å². The summed E-state index contributed by atoms with van der Waals surface area (Å²) in [5.41, 5.74) is 7.19. The Balaban J connectivity index is 2.10. The predicted molar refractivity (Wildman–Crippen MR) is 87.5 cm³/mol. The Morgan fingerprint density at radius 2 is 1.80 bits per heavy atom. The smallest absolute Gasteiger partial charge is 0.147 e. The van der Waals surface area contributed by atoms with Crippen LogP contribution >= 0.6 is 15.9 Å². The second-order valence-corrected chi connectivity index (χ2v) is 8.30. The number of nitrogens with two attached hydrogens (primary N) is 1. The normalized spacial score (nSPS) is 13.6. The molecule has 2 N–H and O–H groups in total. The minimum absolute atomic E-state index is 0.121. The number of hydrogen-bond donors (Lipinski definition) is 1. The molecule has 1 unspecified atom stereocenters. The Morgan fingerprint density at radius 1 is 1.15 bits per heavy atom. The van der Waals surface area contributed by atoms with Crippen LogP contribution < -0.4 is 5.73 Å². The van der Waals surface area contributed by atoms with Gasteiger partial charge in [0.2, 0.25) is 0 Å². The Hall–Kier alpha value is -0.910. The third-order valence-corrected chi connectivity index (χ3v) is 4.81. The third-order valence-electron chi connectivity index (χ3n) is 3.28. The fourth-order valence-electron chi connectivity index (χ4n) is 2.20. The molecule has 0 aliphatic heterocycles. The first-order valence-corrected chi connectivity index (χ1v) is 9.33. The molecule has 1 atom stereocenters. The maximum atomic E-state index is 11.1. The van der Waals surface area contributed by atoms with Gasteiger partial charge in [-0.2, -0.15) is 0 Å². The van der Waals surface area contributed by atoms with Crippen LogP contribution in [0, 0.1) is 0 Å². The lowest BCUT2D eigenvalue weighted by Gasteiger charge is -2.12. The zero-order valence-corrected chi connectivity index (χ0v) is 13.7. The van der Waals surface area contributed by atoms with E-state index in [1.165, 1.54) is 6.26 Å². The van der Waals surface area contributed by atoms with Crippen LogP contribution in [-0.2, 0) is 9.84 Å². The van der Waals surface area contributed by atoms with E-state index in [-0.39, 0.29) is 11.8 Å². The van der Waals surface area contributed by atoms with Gasteiger partial charge in [-0.15, -0.1) is 0 Å². The van der Waals surface area contributed by atoms with Gasteiger partial charge in [0.1, 0.15) is 9.84 Å². The molecule has 0 saturated heterocycles. The standard InChI is InChI=1S/C15H18BrNO2S/c1-20(18,19)8-2-3-15(17)13-5-4-12-10-14(16)7-6-11(12)9-13/h4-7,9-10,15H,2-3,8,17H2,1H3. The minimum atomic E-state index is -2.90. The topological polar surface area (TPSA) is 60.2 Å². The van der Waals surface area contributed by atoms with Gasteiger partial charge in [0, 0.05) is 22.5 Å². The molecule has 2 aromatic carbocycles. The zero-order valence-electron chi connectivity index (χ0n) is 11.3. The molecule has 3 nitrogen and oxygen atoms in total. The molecule has 0 aromatic heterocycles. The van der Waals surface area contributed by atoms with Gasteiger partial charge in [-0.05, 0) is 47.4 Å². The quantitative estimate of drug-likeness (QED) is 0.893. The molecule has 0 bridgehead atoms. The summed E-state index contributed by atoms with van der Waals surface area (Å²) in [4.78, 5) is 0. The van der Waals surface area contributed by atoms with Crippen LogP contribution in [0.4, 0.5) is 0 Å². The lowest BCUT2D eigenvalue weighted by molar-refractivity contribution is 0.588. The maximum absolute atomic E-state index is 11.1. The summed E-state index contributed by atoms with van der Waals surface area (Å²) in [6.07, 6.45) is 2.53. The lowest BCUT2D eigenvalue weighted by Crippen LogP contribution is -2.12. The van der Waals surface area contributed by atoms with E-state index in [9.17, 15) is 8.42 Å². The summed E-state index contributed by atoms with van der Waals surface area (Å²) < 4.78 is 23.3. The van der Waals surface area contributed by atoms with Crippen LogP contribution in [0.5, 0.6) is 0 Å². The van der Waals surface area contributed by atoms with Crippen molar-refractivity contribution >= 4 is 36.5 Å². The van der Waals surface area contributed by atoms with Crippen LogP contribution in [0.3, 0.4) is 0 Å². The zero-order chi connectivity index (χ0) is 14.8. The third kappa shape index (κ3) is 4.30. The summed E-state index contributed by atoms with van der Waals surface area (Å²) in [6.45, 7) is 0. The number of hydrogen-bond acceptors (Lipinski definition) is 3. The van der Waals surface area contributed by atoms with Crippen molar-refractivity contribution in [3.8, 4) is 0 Å². The first kappa shape index (κ1) is 15.5. The van der Waals surface area contributed by atoms with Crippen molar-refractivity contribution < 1.29 is 8.42 Å². The van der Waals surface area contributed by atoms with Gasteiger partial charge < -0.3 is 5.73 Å². The van der Waals surface area contributed by atoms with Crippen LogP contribution in [0.15, 0.2) is 40.9 Å². The van der Waals surface area contributed by atoms with Gasteiger partial charge in [0.15, 0.2) is 0 Å². The highest BCUT2D eigenvalue weighted by Crippen LogP contribution is 2.24. The van der Waals surface area contributed by atoms with E-state index in [4.69, 9.17) is 5.73 Å². The molecule has 0 radical (unpaired) electrons. The largest absolute Gasteiger partial charge is 0.324 e. The van der Waals surface area contributed by atoms with E-state index < -0.39 is 9.84 Å². The SMILES string of the molecule is CS(=O)(=O)CCCC(N)c1ccc2cc(Br)ccc2c1. The van der Waals surface area contributed by atoms with Crippen LogP contribution in [0.1, 0.15) is 24.4 Å². The molecule has 0 aliphatic rings. The highest BCUT2D eigenvalue weighted by atomic mass is 79.9. The van der Waals surface area contributed by atoms with E-state index in [0.717, 1.165) is 20.8 Å². The van der Waals surface area contributed by atoms with E-state index in [1.807, 2.05) is 24.3 Å². The fraction of sp³-hybridized carbons (Fsp3) is 0.333. The molecule has 0 aliphatic carbocycles. The monoisotopic (exact) mass is 355 g/mol. The molecule has 0 amide bonds. The van der Waals surface area contributed by atoms with E-state index >= 15 is 0 Å². The lowest BCUT2D eigenvalue weighted by atomic mass is 10.00. The number of halogens is 1. The van der Waals surface area contributed by atoms with Gasteiger partial charge in [0.05, 0.1) is 0 Å². The van der Waals surface area contributed by atoms with Gasteiger partial charge >= 0.3 is 0 Å². The van der Waals surface area contributed by atoms with Gasteiger partial charge in [-0.25, -0.2) is 8.42 Å². The second-order valence-electron chi connectivity index (χ2n) is 5.13. The van der Waals surface area contributed by atoms with Crippen molar-refractivity contribution in [3.63, 3.8) is 0 Å². The van der Waals surface area contributed by atoms with Crippen LogP contribution in [-0.4, -0.2) is 20.4 Å². The molecule has 2 aromatic rings. The summed E-state index contributed by atoms with van der Waals surface area (Å²) in [7, 11) is -2.90. The Morgan fingerprint density at radius 3 is 2.50 bits per heavy atom. The molecule has 108 valence electrons. The minimum Gasteiger partial charge on any atom is -0.324 e. The molecule has 0 saturated carbocycles. The maximum Gasteiger partial charge on any atom is 0.147 e. The Kier molecular flexibility index (Phi) is 4.83. The average molecular weight is 356 g/mol. The summed E-state index contributed by atoms with van der Waals surface area (Å²) in [5, 5.41) is 2.30. The first-order valence-electron chi connectivity index (χ1n) is 6.48. The molecule has 20 heavy (non-hydrogen) atoms. The summed E-state index contributed by atoms with van der Waals surface area (Å²) in [5.74, 6) is 0.196. The highest BCUT2D eigenvalue weighted by molar-refractivity contribution is 9.10. The highest BCUT2D eigenvalue weighted by Gasteiger charge is 2.09. The molecule has 0 fully saturated rings. The molecule has 2 rings (SSSR count). The Labute approximate surface area is 128 Å². The van der Waals surface area contributed by atoms with Crippen molar-refractivity contribution in [2.75, 3.05) is 12.0 Å². The van der Waals surface area contributed by atoms with Crippen LogP contribution in [0.2, 0.25) is 0 Å². The molecule has 5 heteroatoms. The van der Waals surface area contributed by atoms with Crippen molar-refractivity contribution in [2.24, 2.45) is 5.73 Å². The fourth-order valence-corrected chi connectivity index (χ4v) is 3.27. The molecule has 0 heterocycles. The van der Waals surface area contributed by atoms with E-state index in [2.05, 4.69) is 28.1 Å². The van der Waals surface area contributed by atoms with Crippen molar-refractivity contribution in [3.05, 3.63) is 46.4 Å². The average Bonchev–Trinajstić information content (AvgIpc) is 2.36.